The number of halogens is 1. The summed E-state index contributed by atoms with van der Waals surface area (Å²) in [6, 6.07) is 21.0. The van der Waals surface area contributed by atoms with Crippen molar-refractivity contribution in [3.63, 3.8) is 0 Å². The van der Waals surface area contributed by atoms with Gasteiger partial charge in [-0.05, 0) is 73.1 Å². The molecule has 0 saturated carbocycles. The first-order valence-electron chi connectivity index (χ1n) is 13.4. The fourth-order valence-electron chi connectivity index (χ4n) is 4.88. The maximum Gasteiger partial charge on any atom is 0.294 e. The van der Waals surface area contributed by atoms with Gasteiger partial charge in [0.2, 0.25) is 5.91 Å². The number of fused-ring (bicyclic) bond motifs is 1. The van der Waals surface area contributed by atoms with E-state index in [9.17, 15) is 14.0 Å². The summed E-state index contributed by atoms with van der Waals surface area (Å²) >= 11 is 0. The average Bonchev–Trinajstić information content (AvgIpc) is 2.99. The first kappa shape index (κ1) is 27.2. The molecule has 0 unspecified atom stereocenters. The van der Waals surface area contributed by atoms with Gasteiger partial charge in [-0.2, -0.15) is 0 Å². The van der Waals surface area contributed by atoms with Crippen molar-refractivity contribution >= 4 is 29.3 Å². The Balaban J connectivity index is 1.10. The van der Waals surface area contributed by atoms with E-state index in [1.54, 1.807) is 49.6 Å². The van der Waals surface area contributed by atoms with Gasteiger partial charge < -0.3 is 19.7 Å². The number of anilines is 2. The van der Waals surface area contributed by atoms with Crippen molar-refractivity contribution in [2.24, 2.45) is 0 Å². The van der Waals surface area contributed by atoms with Crippen molar-refractivity contribution in [1.29, 1.82) is 0 Å². The van der Waals surface area contributed by atoms with Crippen LogP contribution in [0.15, 0.2) is 78.6 Å². The van der Waals surface area contributed by atoms with E-state index in [4.69, 9.17) is 9.47 Å². The van der Waals surface area contributed by atoms with Crippen LogP contribution in [-0.2, 0) is 9.59 Å². The summed E-state index contributed by atoms with van der Waals surface area (Å²) in [5.74, 6) is 0.387. The number of hydrogen-bond acceptors (Lipinski definition) is 6. The molecule has 2 aliphatic rings. The zero-order chi connectivity index (χ0) is 27.9. The summed E-state index contributed by atoms with van der Waals surface area (Å²) in [6.45, 7) is 5.11. The van der Waals surface area contributed by atoms with Crippen molar-refractivity contribution in [2.75, 3.05) is 62.7 Å². The molecule has 0 aliphatic carbocycles. The van der Waals surface area contributed by atoms with E-state index in [1.807, 2.05) is 12.1 Å². The number of para-hydroxylation sites is 2. The molecule has 2 aliphatic heterocycles. The van der Waals surface area contributed by atoms with Gasteiger partial charge in [0.05, 0.1) is 12.8 Å². The van der Waals surface area contributed by atoms with E-state index in [0.29, 0.717) is 23.5 Å². The van der Waals surface area contributed by atoms with Crippen LogP contribution in [-0.4, -0.2) is 69.6 Å². The number of carbonyl (C=O) groups is 2. The number of benzene rings is 3. The van der Waals surface area contributed by atoms with Gasteiger partial charge >= 0.3 is 0 Å². The normalized spacial score (nSPS) is 16.4. The molecule has 2 amide bonds. The molecule has 0 aromatic heterocycles. The van der Waals surface area contributed by atoms with Crippen molar-refractivity contribution in [3.8, 4) is 11.5 Å². The summed E-state index contributed by atoms with van der Waals surface area (Å²) in [6.07, 6.45) is 2.37. The topological polar surface area (TPSA) is 74.4 Å². The molecule has 3 aromatic carbocycles. The van der Waals surface area contributed by atoms with Gasteiger partial charge in [0.25, 0.3) is 5.91 Å². The van der Waals surface area contributed by atoms with Gasteiger partial charge in [0.1, 0.15) is 18.1 Å². The summed E-state index contributed by atoms with van der Waals surface area (Å²) in [5, 5.41) is 2.95. The van der Waals surface area contributed by atoms with Gasteiger partial charge in [-0.15, -0.1) is 0 Å². The minimum atomic E-state index is -0.423. The summed E-state index contributed by atoms with van der Waals surface area (Å²) < 4.78 is 24.4. The molecular formula is C31H33FN4O4. The van der Waals surface area contributed by atoms with E-state index >= 15 is 0 Å². The lowest BCUT2D eigenvalue weighted by Crippen LogP contribution is -2.47. The molecule has 1 fully saturated rings. The van der Waals surface area contributed by atoms with Crippen LogP contribution < -0.4 is 24.6 Å². The number of methoxy groups -OCH3 is 1. The first-order valence-corrected chi connectivity index (χ1v) is 13.4. The van der Waals surface area contributed by atoms with Crippen LogP contribution in [0.5, 0.6) is 11.5 Å². The molecule has 1 N–H and O–H groups in total. The third-order valence-electron chi connectivity index (χ3n) is 7.08. The smallest absolute Gasteiger partial charge is 0.294 e. The molecular weight excluding hydrogens is 511 g/mol. The second-order valence-corrected chi connectivity index (χ2v) is 9.75. The Kier molecular flexibility index (Phi) is 8.61. The average molecular weight is 545 g/mol. The molecule has 0 atom stereocenters. The summed E-state index contributed by atoms with van der Waals surface area (Å²) in [7, 11) is 1.67. The van der Waals surface area contributed by atoms with Crippen LogP contribution in [0.2, 0.25) is 0 Å². The Bertz CT molecular complexity index is 1350. The highest BCUT2D eigenvalue weighted by atomic mass is 19.1. The van der Waals surface area contributed by atoms with E-state index < -0.39 is 5.91 Å². The predicted octanol–water partition coefficient (Wildman–Crippen LogP) is 3.93. The van der Waals surface area contributed by atoms with Crippen molar-refractivity contribution < 1.29 is 23.5 Å². The highest BCUT2D eigenvalue weighted by Gasteiger charge is 2.31. The van der Waals surface area contributed by atoms with Crippen LogP contribution >= 0.6 is 0 Å². The molecule has 40 heavy (non-hydrogen) atoms. The maximum atomic E-state index is 13.3. The fourth-order valence-corrected chi connectivity index (χ4v) is 4.88. The second kappa shape index (κ2) is 12.7. The monoisotopic (exact) mass is 544 g/mol. The Labute approximate surface area is 233 Å². The molecule has 1 saturated heterocycles. The van der Waals surface area contributed by atoms with E-state index in [2.05, 4.69) is 27.2 Å². The fraction of sp³-hybridized carbons (Fsp3) is 0.290. The summed E-state index contributed by atoms with van der Waals surface area (Å²) in [5.41, 5.74) is 2.36. The molecule has 0 spiro atoms. The van der Waals surface area contributed by atoms with Gasteiger partial charge in [-0.1, -0.05) is 24.3 Å². The van der Waals surface area contributed by atoms with Crippen LogP contribution in [0.25, 0.3) is 6.08 Å². The third kappa shape index (κ3) is 6.60. The molecule has 8 nitrogen and oxygen atoms in total. The largest absolute Gasteiger partial charge is 0.497 e. The Morgan fingerprint density at radius 2 is 1.73 bits per heavy atom. The molecule has 3 aromatic rings. The molecule has 5 rings (SSSR count). The standard InChI is InChI=1S/C31H33FN4O4/c1-39-26-13-11-25(12-14-26)35-19-17-34(18-20-35)16-4-15-33-30(37)22-36-27-5-2-3-6-28(27)40-29(31(36)38)21-23-7-9-24(32)10-8-23/h2-3,5-14,21H,4,15-20,22H2,1H3,(H,33,37)/b29-21+. The summed E-state index contributed by atoms with van der Waals surface area (Å²) in [4.78, 5) is 32.3. The van der Waals surface area contributed by atoms with Crippen molar-refractivity contribution in [1.82, 2.24) is 10.2 Å². The second-order valence-electron chi connectivity index (χ2n) is 9.75. The van der Waals surface area contributed by atoms with Gasteiger partial charge in [-0.25, -0.2) is 4.39 Å². The number of nitrogens with one attached hydrogen (secondary N) is 1. The SMILES string of the molecule is COc1ccc(N2CCN(CCCNC(=O)CN3C(=O)/C(=C\c4ccc(F)cc4)Oc4ccccc43)CC2)cc1. The lowest BCUT2D eigenvalue weighted by molar-refractivity contribution is -0.123. The minimum absolute atomic E-state index is 0.0758. The number of rotatable bonds is 9. The quantitative estimate of drug-likeness (QED) is 0.325. The van der Waals surface area contributed by atoms with Crippen LogP contribution in [0.1, 0.15) is 12.0 Å². The van der Waals surface area contributed by atoms with Gasteiger partial charge in [-0.3, -0.25) is 19.4 Å². The number of nitrogens with zero attached hydrogens (tertiary/aromatic N) is 3. The van der Waals surface area contributed by atoms with Crippen molar-refractivity contribution in [2.45, 2.75) is 6.42 Å². The van der Waals surface area contributed by atoms with Crippen LogP contribution in [0.3, 0.4) is 0 Å². The highest BCUT2D eigenvalue weighted by Crippen LogP contribution is 2.35. The zero-order valence-electron chi connectivity index (χ0n) is 22.5. The maximum absolute atomic E-state index is 13.3. The molecule has 0 radical (unpaired) electrons. The first-order chi connectivity index (χ1) is 19.5. The minimum Gasteiger partial charge on any atom is -0.497 e. The number of ether oxygens (including phenoxy) is 2. The number of amides is 2. The number of piperazine rings is 1. The van der Waals surface area contributed by atoms with Gasteiger partial charge in [0, 0.05) is 38.4 Å². The number of carbonyl (C=O) groups excluding carboxylic acids is 2. The molecule has 208 valence electrons. The molecule has 0 bridgehead atoms. The Hall–Kier alpha value is -4.37. The lowest BCUT2D eigenvalue weighted by Gasteiger charge is -2.36. The van der Waals surface area contributed by atoms with E-state index in [-0.39, 0.29) is 24.0 Å². The zero-order valence-corrected chi connectivity index (χ0v) is 22.5. The van der Waals surface area contributed by atoms with E-state index in [0.717, 1.165) is 44.9 Å². The molecule has 9 heteroatoms. The predicted molar refractivity (Wildman–Crippen MR) is 153 cm³/mol. The Morgan fingerprint density at radius 3 is 2.45 bits per heavy atom. The lowest BCUT2D eigenvalue weighted by atomic mass is 10.1. The third-order valence-corrected chi connectivity index (χ3v) is 7.08. The van der Waals surface area contributed by atoms with E-state index in [1.165, 1.54) is 22.7 Å². The number of hydrogen-bond donors (Lipinski definition) is 1. The van der Waals surface area contributed by atoms with Crippen LogP contribution in [0.4, 0.5) is 15.8 Å². The van der Waals surface area contributed by atoms with Gasteiger partial charge in [0.15, 0.2) is 11.5 Å². The molecule has 2 heterocycles. The Morgan fingerprint density at radius 1 is 1.00 bits per heavy atom. The highest BCUT2D eigenvalue weighted by molar-refractivity contribution is 6.12. The van der Waals surface area contributed by atoms with Crippen LogP contribution in [0, 0.1) is 5.82 Å². The van der Waals surface area contributed by atoms with Crippen molar-refractivity contribution in [3.05, 3.63) is 89.9 Å².